The molecule has 0 atom stereocenters. The monoisotopic (exact) mass is 343 g/mol. The number of rotatable bonds is 5. The molecule has 0 radical (unpaired) electrons. The molecule has 2 aromatic carbocycles. The van der Waals surface area contributed by atoms with Gasteiger partial charge in [-0.1, -0.05) is 6.07 Å². The van der Waals surface area contributed by atoms with E-state index in [0.717, 1.165) is 19.2 Å². The molecule has 2 aromatic rings. The number of carboxylic acids is 1. The average molecular weight is 343 g/mol. The number of ether oxygens (including phenoxy) is 1. The van der Waals surface area contributed by atoms with Crippen molar-refractivity contribution in [1.82, 2.24) is 0 Å². The average Bonchev–Trinajstić information content (AvgIpc) is 2.45. The van der Waals surface area contributed by atoms with E-state index in [4.69, 9.17) is 9.84 Å². The van der Waals surface area contributed by atoms with Crippen LogP contribution in [-0.2, 0) is 10.0 Å². The van der Waals surface area contributed by atoms with Crippen molar-refractivity contribution < 1.29 is 31.8 Å². The second kappa shape index (κ2) is 6.21. The lowest BCUT2D eigenvalue weighted by Gasteiger charge is -2.13. The highest BCUT2D eigenvalue weighted by Crippen LogP contribution is 2.29. The van der Waals surface area contributed by atoms with E-state index < -0.39 is 38.3 Å². The number of benzene rings is 2. The van der Waals surface area contributed by atoms with E-state index in [2.05, 4.69) is 0 Å². The summed E-state index contributed by atoms with van der Waals surface area (Å²) in [6, 6.07) is 6.07. The van der Waals surface area contributed by atoms with Gasteiger partial charge in [-0.3, -0.25) is 4.72 Å². The van der Waals surface area contributed by atoms with Crippen molar-refractivity contribution in [1.29, 1.82) is 0 Å². The Balaban J connectivity index is 2.48. The third-order valence-electron chi connectivity index (χ3n) is 2.82. The third-order valence-corrected chi connectivity index (χ3v) is 4.26. The van der Waals surface area contributed by atoms with Gasteiger partial charge < -0.3 is 9.84 Å². The van der Waals surface area contributed by atoms with Crippen LogP contribution in [0.2, 0.25) is 0 Å². The standard InChI is InChI=1S/C14H11F2NO5S/c1-22-12-7-9(15)6-11(16)13(12)23(20,21)17-10-4-2-3-8(5-10)14(18)19/h2-7,17H,1H3,(H,18,19). The fraction of sp³-hybridized carbons (Fsp3) is 0.0714. The lowest BCUT2D eigenvalue weighted by atomic mass is 10.2. The summed E-state index contributed by atoms with van der Waals surface area (Å²) in [4.78, 5) is 10.0. The van der Waals surface area contributed by atoms with Crippen LogP contribution in [-0.4, -0.2) is 26.6 Å². The largest absolute Gasteiger partial charge is 0.495 e. The van der Waals surface area contributed by atoms with Gasteiger partial charge in [-0.25, -0.2) is 22.0 Å². The molecule has 9 heteroatoms. The minimum absolute atomic E-state index is 0.0873. The highest BCUT2D eigenvalue weighted by Gasteiger charge is 2.26. The van der Waals surface area contributed by atoms with Crippen molar-refractivity contribution in [3.05, 3.63) is 53.6 Å². The zero-order valence-electron chi connectivity index (χ0n) is 11.7. The van der Waals surface area contributed by atoms with E-state index >= 15 is 0 Å². The molecule has 0 amide bonds. The summed E-state index contributed by atoms with van der Waals surface area (Å²) in [6.07, 6.45) is 0. The first-order valence-corrected chi connectivity index (χ1v) is 7.62. The molecule has 0 aliphatic carbocycles. The fourth-order valence-electron chi connectivity index (χ4n) is 1.87. The molecule has 0 fully saturated rings. The molecule has 2 rings (SSSR count). The first-order chi connectivity index (χ1) is 10.7. The van der Waals surface area contributed by atoms with Gasteiger partial charge in [0.05, 0.1) is 12.7 Å². The molecule has 0 saturated carbocycles. The summed E-state index contributed by atoms with van der Waals surface area (Å²) in [6.45, 7) is 0. The van der Waals surface area contributed by atoms with Crippen LogP contribution in [0.1, 0.15) is 10.4 Å². The summed E-state index contributed by atoms with van der Waals surface area (Å²) in [7, 11) is -3.39. The molecule has 0 aliphatic rings. The molecule has 6 nitrogen and oxygen atoms in total. The van der Waals surface area contributed by atoms with E-state index in [-0.39, 0.29) is 11.3 Å². The molecule has 23 heavy (non-hydrogen) atoms. The molecule has 0 heterocycles. The smallest absolute Gasteiger partial charge is 0.335 e. The van der Waals surface area contributed by atoms with Gasteiger partial charge >= 0.3 is 5.97 Å². The molecule has 0 unspecified atom stereocenters. The van der Waals surface area contributed by atoms with E-state index in [1.54, 1.807) is 0 Å². The maximum atomic E-state index is 13.9. The Hall–Kier alpha value is -2.68. The lowest BCUT2D eigenvalue weighted by Crippen LogP contribution is -2.16. The molecule has 0 aliphatic heterocycles. The van der Waals surface area contributed by atoms with Gasteiger partial charge in [0, 0.05) is 17.8 Å². The molecule has 0 saturated heterocycles. The SMILES string of the molecule is COc1cc(F)cc(F)c1S(=O)(=O)Nc1cccc(C(=O)O)c1. The van der Waals surface area contributed by atoms with Gasteiger partial charge in [-0.2, -0.15) is 0 Å². The highest BCUT2D eigenvalue weighted by molar-refractivity contribution is 7.92. The van der Waals surface area contributed by atoms with Crippen LogP contribution in [0.3, 0.4) is 0 Å². The molecule has 2 N–H and O–H groups in total. The summed E-state index contributed by atoms with van der Waals surface area (Å²) < 4.78 is 58.3. The van der Waals surface area contributed by atoms with E-state index in [1.165, 1.54) is 18.2 Å². The van der Waals surface area contributed by atoms with E-state index in [9.17, 15) is 22.0 Å². The normalized spacial score (nSPS) is 11.1. The minimum Gasteiger partial charge on any atom is -0.495 e. The number of hydrogen-bond donors (Lipinski definition) is 2. The predicted octanol–water partition coefficient (Wildman–Crippen LogP) is 2.47. The zero-order chi connectivity index (χ0) is 17.2. The Bertz CT molecular complexity index is 867. The number of methoxy groups -OCH3 is 1. The van der Waals surface area contributed by atoms with Crippen molar-refractivity contribution >= 4 is 21.7 Å². The maximum Gasteiger partial charge on any atom is 0.335 e. The van der Waals surface area contributed by atoms with Gasteiger partial charge in [-0.15, -0.1) is 0 Å². The second-order valence-corrected chi connectivity index (χ2v) is 6.03. The van der Waals surface area contributed by atoms with Gasteiger partial charge in [0.25, 0.3) is 10.0 Å². The molecular weight excluding hydrogens is 332 g/mol. The Labute approximate surface area is 130 Å². The van der Waals surface area contributed by atoms with Crippen LogP contribution in [0, 0.1) is 11.6 Å². The van der Waals surface area contributed by atoms with Crippen LogP contribution in [0.5, 0.6) is 5.75 Å². The Morgan fingerprint density at radius 3 is 2.52 bits per heavy atom. The van der Waals surface area contributed by atoms with Crippen LogP contribution in [0.4, 0.5) is 14.5 Å². The maximum absolute atomic E-state index is 13.9. The predicted molar refractivity (Wildman–Crippen MR) is 77.1 cm³/mol. The number of carbonyl (C=O) groups is 1. The molecular formula is C14H11F2NO5S. The fourth-order valence-corrected chi connectivity index (χ4v) is 3.13. The van der Waals surface area contributed by atoms with Gasteiger partial charge in [-0.05, 0) is 18.2 Å². The Kier molecular flexibility index (Phi) is 4.50. The number of carboxylic acid groups (broad SMARTS) is 1. The van der Waals surface area contributed by atoms with E-state index in [1.807, 2.05) is 4.72 Å². The molecule has 0 spiro atoms. The summed E-state index contributed by atoms with van der Waals surface area (Å²) in [5.74, 6) is -4.09. The third kappa shape index (κ3) is 3.57. The Morgan fingerprint density at radius 2 is 1.91 bits per heavy atom. The Morgan fingerprint density at radius 1 is 1.22 bits per heavy atom. The number of anilines is 1. The van der Waals surface area contributed by atoms with Crippen molar-refractivity contribution in [3.63, 3.8) is 0 Å². The van der Waals surface area contributed by atoms with Gasteiger partial charge in [0.15, 0.2) is 4.90 Å². The van der Waals surface area contributed by atoms with Crippen molar-refractivity contribution in [2.75, 3.05) is 11.8 Å². The van der Waals surface area contributed by atoms with Crippen LogP contribution in [0.25, 0.3) is 0 Å². The van der Waals surface area contributed by atoms with Crippen molar-refractivity contribution in [2.24, 2.45) is 0 Å². The lowest BCUT2D eigenvalue weighted by molar-refractivity contribution is 0.0697. The first kappa shape index (κ1) is 16.7. The molecule has 0 bridgehead atoms. The quantitative estimate of drug-likeness (QED) is 0.870. The summed E-state index contributed by atoms with van der Waals surface area (Å²) in [5.41, 5.74) is -0.243. The number of sulfonamides is 1. The summed E-state index contributed by atoms with van der Waals surface area (Å²) >= 11 is 0. The van der Waals surface area contributed by atoms with E-state index in [0.29, 0.717) is 6.07 Å². The number of hydrogen-bond acceptors (Lipinski definition) is 4. The van der Waals surface area contributed by atoms with Gasteiger partial charge in [0.2, 0.25) is 0 Å². The topological polar surface area (TPSA) is 92.7 Å². The number of halogens is 2. The first-order valence-electron chi connectivity index (χ1n) is 6.14. The molecule has 0 aromatic heterocycles. The van der Waals surface area contributed by atoms with Crippen LogP contribution in [0.15, 0.2) is 41.3 Å². The second-order valence-electron chi connectivity index (χ2n) is 4.41. The molecule has 122 valence electrons. The van der Waals surface area contributed by atoms with Crippen LogP contribution >= 0.6 is 0 Å². The number of aromatic carboxylic acids is 1. The zero-order valence-corrected chi connectivity index (χ0v) is 12.5. The number of nitrogens with one attached hydrogen (secondary N) is 1. The minimum atomic E-state index is -4.46. The van der Waals surface area contributed by atoms with Crippen LogP contribution < -0.4 is 9.46 Å². The van der Waals surface area contributed by atoms with Crippen molar-refractivity contribution in [2.45, 2.75) is 4.90 Å². The summed E-state index contributed by atoms with van der Waals surface area (Å²) in [5, 5.41) is 8.88. The van der Waals surface area contributed by atoms with Gasteiger partial charge in [0.1, 0.15) is 17.4 Å². The van der Waals surface area contributed by atoms with Crippen molar-refractivity contribution in [3.8, 4) is 5.75 Å². The highest BCUT2D eigenvalue weighted by atomic mass is 32.2.